The smallest absolute Gasteiger partial charge is 0.238 e. The van der Waals surface area contributed by atoms with E-state index in [2.05, 4.69) is 143 Å². The summed E-state index contributed by atoms with van der Waals surface area (Å²) in [7, 11) is 0. The van der Waals surface area contributed by atoms with Crippen LogP contribution in [0.15, 0.2) is 231 Å². The molecule has 0 atom stereocenters. The van der Waals surface area contributed by atoms with Crippen molar-refractivity contribution in [3.8, 4) is 79.7 Å². The Morgan fingerprint density at radius 3 is 1.16 bits per heavy atom. The van der Waals surface area contributed by atoms with Gasteiger partial charge in [0.15, 0.2) is 29.1 Å². The third kappa shape index (κ3) is 6.78. The maximum absolute atomic E-state index is 5.33. The molecule has 318 valence electrons. The predicted octanol–water partition coefficient (Wildman–Crippen LogP) is 14.3. The van der Waals surface area contributed by atoms with Crippen LogP contribution in [-0.2, 0) is 0 Å². The molecule has 0 amide bonds. The molecule has 0 aliphatic carbocycles. The first-order chi connectivity index (χ1) is 33.7. The number of nitrogens with zero attached hydrogens (tertiary/aromatic N) is 8. The van der Waals surface area contributed by atoms with Crippen LogP contribution in [0.3, 0.4) is 0 Å². The highest BCUT2D eigenvalue weighted by atomic mass is 15.2. The van der Waals surface area contributed by atoms with Gasteiger partial charge >= 0.3 is 0 Å². The van der Waals surface area contributed by atoms with Crippen molar-refractivity contribution in [3.05, 3.63) is 231 Å². The van der Waals surface area contributed by atoms with Crippen LogP contribution in [0.4, 0.5) is 0 Å². The molecule has 0 aliphatic rings. The van der Waals surface area contributed by atoms with Crippen molar-refractivity contribution in [2.75, 3.05) is 0 Å². The summed E-state index contributed by atoms with van der Waals surface area (Å²) >= 11 is 0. The first kappa shape index (κ1) is 39.0. The molecular formula is C60H38N8. The highest BCUT2D eigenvalue weighted by Crippen LogP contribution is 2.40. The molecule has 0 spiro atoms. The van der Waals surface area contributed by atoms with Gasteiger partial charge in [-0.1, -0.05) is 188 Å². The number of para-hydroxylation sites is 2. The Hall–Kier alpha value is -9.40. The number of hydrogen-bond acceptors (Lipinski definition) is 6. The lowest BCUT2D eigenvalue weighted by molar-refractivity contribution is 0.953. The Bertz CT molecular complexity index is 3960. The molecule has 0 unspecified atom stereocenters. The fourth-order valence-corrected chi connectivity index (χ4v) is 9.43. The zero-order valence-corrected chi connectivity index (χ0v) is 36.5. The summed E-state index contributed by atoms with van der Waals surface area (Å²) < 4.78 is 4.54. The van der Waals surface area contributed by atoms with Gasteiger partial charge in [-0.15, -0.1) is 0 Å². The SMILES string of the molecule is c1ccc(-c2cccc(-c3nc(-c4ccccc4)nc(-n4c5ccccc5c5cc6c7ccccc7n(-c7cccc(-c8nc(-c9ccccc9)nc(-c9ccccc9)n8)c7)c6cc54)n3)c2)cc1. The third-order valence-electron chi connectivity index (χ3n) is 12.6. The van der Waals surface area contributed by atoms with Gasteiger partial charge in [0.2, 0.25) is 5.95 Å². The highest BCUT2D eigenvalue weighted by molar-refractivity contribution is 6.19. The van der Waals surface area contributed by atoms with Crippen LogP contribution in [-0.4, -0.2) is 39.0 Å². The average molecular weight is 871 g/mol. The van der Waals surface area contributed by atoms with Gasteiger partial charge in [-0.3, -0.25) is 4.57 Å². The highest BCUT2D eigenvalue weighted by Gasteiger charge is 2.22. The second-order valence-electron chi connectivity index (χ2n) is 16.8. The molecule has 0 bridgehead atoms. The van der Waals surface area contributed by atoms with E-state index in [1.807, 2.05) is 97.1 Å². The van der Waals surface area contributed by atoms with Crippen LogP contribution < -0.4 is 0 Å². The summed E-state index contributed by atoms with van der Waals surface area (Å²) in [6.07, 6.45) is 0. The van der Waals surface area contributed by atoms with Crippen molar-refractivity contribution < 1.29 is 0 Å². The second-order valence-corrected chi connectivity index (χ2v) is 16.8. The molecule has 68 heavy (non-hydrogen) atoms. The van der Waals surface area contributed by atoms with Crippen LogP contribution in [0, 0.1) is 0 Å². The summed E-state index contributed by atoms with van der Waals surface area (Å²) in [4.78, 5) is 30.9. The quantitative estimate of drug-likeness (QED) is 0.151. The summed E-state index contributed by atoms with van der Waals surface area (Å²) in [5.41, 5.74) is 11.8. The fraction of sp³-hybridized carbons (Fsp3) is 0. The van der Waals surface area contributed by atoms with E-state index in [0.29, 0.717) is 35.1 Å². The lowest BCUT2D eigenvalue weighted by atomic mass is 10.0. The van der Waals surface area contributed by atoms with Crippen molar-refractivity contribution in [1.82, 2.24) is 39.0 Å². The van der Waals surface area contributed by atoms with Gasteiger partial charge in [0.25, 0.3) is 0 Å². The summed E-state index contributed by atoms with van der Waals surface area (Å²) in [6, 6.07) is 79.4. The van der Waals surface area contributed by atoms with Crippen LogP contribution in [0.5, 0.6) is 0 Å². The Morgan fingerprint density at radius 1 is 0.221 bits per heavy atom. The summed E-state index contributed by atoms with van der Waals surface area (Å²) in [5, 5.41) is 4.50. The maximum atomic E-state index is 5.33. The maximum Gasteiger partial charge on any atom is 0.238 e. The van der Waals surface area contributed by atoms with Crippen molar-refractivity contribution in [2.45, 2.75) is 0 Å². The molecule has 4 heterocycles. The van der Waals surface area contributed by atoms with Crippen molar-refractivity contribution in [1.29, 1.82) is 0 Å². The van der Waals surface area contributed by atoms with Crippen LogP contribution in [0.1, 0.15) is 0 Å². The van der Waals surface area contributed by atoms with Crippen molar-refractivity contribution in [3.63, 3.8) is 0 Å². The number of rotatable bonds is 8. The Labute approximate surface area is 391 Å². The molecule has 0 N–H and O–H groups in total. The molecule has 0 aliphatic heterocycles. The van der Waals surface area contributed by atoms with Gasteiger partial charge < -0.3 is 4.57 Å². The molecule has 0 saturated carbocycles. The van der Waals surface area contributed by atoms with Gasteiger partial charge in [0.05, 0.1) is 22.1 Å². The molecule has 9 aromatic carbocycles. The van der Waals surface area contributed by atoms with Crippen LogP contribution >= 0.6 is 0 Å². The molecular weight excluding hydrogens is 833 g/mol. The lowest BCUT2D eigenvalue weighted by Gasteiger charge is -2.13. The molecule has 13 aromatic rings. The monoisotopic (exact) mass is 870 g/mol. The number of benzene rings is 9. The lowest BCUT2D eigenvalue weighted by Crippen LogP contribution is -2.06. The number of hydrogen-bond donors (Lipinski definition) is 0. The van der Waals surface area contributed by atoms with Crippen molar-refractivity contribution in [2.24, 2.45) is 0 Å². The normalized spacial score (nSPS) is 11.5. The van der Waals surface area contributed by atoms with E-state index in [0.717, 1.165) is 88.2 Å². The molecule has 0 saturated heterocycles. The largest absolute Gasteiger partial charge is 0.309 e. The third-order valence-corrected chi connectivity index (χ3v) is 12.6. The Balaban J connectivity index is 1.03. The molecule has 0 fully saturated rings. The Morgan fingerprint density at radius 2 is 0.603 bits per heavy atom. The minimum absolute atomic E-state index is 0.535. The molecule has 4 aromatic heterocycles. The topological polar surface area (TPSA) is 87.2 Å². The minimum atomic E-state index is 0.535. The van der Waals surface area contributed by atoms with Gasteiger partial charge in [-0.05, 0) is 53.6 Å². The van der Waals surface area contributed by atoms with Gasteiger partial charge in [-0.25, -0.2) is 19.9 Å². The molecule has 13 rings (SSSR count). The fourth-order valence-electron chi connectivity index (χ4n) is 9.43. The van der Waals surface area contributed by atoms with E-state index in [1.54, 1.807) is 0 Å². The first-order valence-corrected chi connectivity index (χ1v) is 22.6. The van der Waals surface area contributed by atoms with E-state index in [1.165, 1.54) is 0 Å². The van der Waals surface area contributed by atoms with Gasteiger partial charge in [-0.2, -0.15) is 9.97 Å². The first-order valence-electron chi connectivity index (χ1n) is 22.6. The van der Waals surface area contributed by atoms with E-state index in [4.69, 9.17) is 29.9 Å². The molecule has 0 radical (unpaired) electrons. The minimum Gasteiger partial charge on any atom is -0.309 e. The standard InChI is InChI=1S/C60H38N8/c1-5-19-39(20-6-1)43-27-17-28-44(35-43)59-64-57(42-25-11-4-12-26-42)65-60(66-59)68-52-34-16-14-32-48(52)50-37-49-47-31-13-15-33-51(47)67(53(49)38-54(50)68)46-30-18-29-45(36-46)58-62-55(40-21-7-2-8-22-40)61-56(63-58)41-23-9-3-10-24-41/h1-38H. The number of aromatic nitrogens is 8. The Kier molecular flexibility index (Phi) is 9.31. The van der Waals surface area contributed by atoms with Gasteiger partial charge in [0.1, 0.15) is 0 Å². The zero-order chi connectivity index (χ0) is 45.0. The van der Waals surface area contributed by atoms with Crippen molar-refractivity contribution >= 4 is 43.6 Å². The summed E-state index contributed by atoms with van der Waals surface area (Å²) in [5.74, 6) is 3.55. The summed E-state index contributed by atoms with van der Waals surface area (Å²) in [6.45, 7) is 0. The van der Waals surface area contributed by atoms with Gasteiger partial charge in [0, 0.05) is 55.0 Å². The molecule has 8 nitrogen and oxygen atoms in total. The van der Waals surface area contributed by atoms with E-state index >= 15 is 0 Å². The van der Waals surface area contributed by atoms with Crippen LogP contribution in [0.2, 0.25) is 0 Å². The van der Waals surface area contributed by atoms with Crippen LogP contribution in [0.25, 0.3) is 123 Å². The average Bonchev–Trinajstić information content (AvgIpc) is 3.93. The predicted molar refractivity (Wildman–Crippen MR) is 275 cm³/mol. The van der Waals surface area contributed by atoms with E-state index in [9.17, 15) is 0 Å². The number of fused-ring (bicyclic) bond motifs is 6. The zero-order valence-electron chi connectivity index (χ0n) is 36.5. The van der Waals surface area contributed by atoms with E-state index in [-0.39, 0.29) is 0 Å². The second kappa shape index (κ2) is 16.2. The van der Waals surface area contributed by atoms with E-state index < -0.39 is 0 Å². The molecule has 8 heteroatoms.